The standard InChI is InChI=1S/C15H17N3O4/c19-14-13(2-1-7-21-14)18-17-11-5-3-10(4-6-11)8-12-9-22-15(20)16-12/h3-6,12,17H,1-2,7-9H2,(H,16,20)/t12-/m0/s1. The zero-order valence-corrected chi connectivity index (χ0v) is 12.0. The van der Waals surface area contributed by atoms with Gasteiger partial charge in [0.2, 0.25) is 0 Å². The lowest BCUT2D eigenvalue weighted by Crippen LogP contribution is -2.28. The number of carbonyl (C=O) groups is 2. The Labute approximate surface area is 127 Å². The fourth-order valence-corrected chi connectivity index (χ4v) is 2.36. The van der Waals surface area contributed by atoms with Gasteiger partial charge in [-0.15, -0.1) is 0 Å². The van der Waals surface area contributed by atoms with Crippen LogP contribution < -0.4 is 10.7 Å². The van der Waals surface area contributed by atoms with Gasteiger partial charge in [-0.05, 0) is 30.5 Å². The summed E-state index contributed by atoms with van der Waals surface area (Å²) in [4.78, 5) is 22.4. The van der Waals surface area contributed by atoms with E-state index in [0.717, 1.165) is 17.7 Å². The van der Waals surface area contributed by atoms with Gasteiger partial charge in [0.1, 0.15) is 12.3 Å². The Bertz CT molecular complexity index is 597. The fraction of sp³-hybridized carbons (Fsp3) is 0.400. The molecule has 2 aliphatic heterocycles. The highest BCUT2D eigenvalue weighted by molar-refractivity contribution is 6.36. The Balaban J connectivity index is 1.56. The average Bonchev–Trinajstić information content (AvgIpc) is 2.93. The van der Waals surface area contributed by atoms with E-state index in [9.17, 15) is 9.59 Å². The molecule has 0 unspecified atom stereocenters. The summed E-state index contributed by atoms with van der Waals surface area (Å²) in [5.41, 5.74) is 5.16. The van der Waals surface area contributed by atoms with Crippen molar-refractivity contribution in [3.05, 3.63) is 29.8 Å². The third-order valence-electron chi connectivity index (χ3n) is 3.52. The largest absolute Gasteiger partial charge is 0.461 e. The van der Waals surface area contributed by atoms with Crippen LogP contribution >= 0.6 is 0 Å². The van der Waals surface area contributed by atoms with E-state index in [2.05, 4.69) is 15.8 Å². The first-order chi connectivity index (χ1) is 10.7. The van der Waals surface area contributed by atoms with Crippen molar-refractivity contribution in [2.24, 2.45) is 5.10 Å². The molecule has 2 N–H and O–H groups in total. The van der Waals surface area contributed by atoms with Crippen molar-refractivity contribution in [1.29, 1.82) is 0 Å². The van der Waals surface area contributed by atoms with Crippen LogP contribution in [0, 0.1) is 0 Å². The molecule has 7 heteroatoms. The molecule has 1 amide bonds. The van der Waals surface area contributed by atoms with Gasteiger partial charge >= 0.3 is 12.1 Å². The molecule has 2 fully saturated rings. The van der Waals surface area contributed by atoms with Crippen LogP contribution in [0.3, 0.4) is 0 Å². The van der Waals surface area contributed by atoms with Crippen molar-refractivity contribution in [3.63, 3.8) is 0 Å². The van der Waals surface area contributed by atoms with Crippen molar-refractivity contribution in [2.75, 3.05) is 18.6 Å². The van der Waals surface area contributed by atoms with Crippen LogP contribution in [0.1, 0.15) is 18.4 Å². The first-order valence-corrected chi connectivity index (χ1v) is 7.22. The summed E-state index contributed by atoms with van der Waals surface area (Å²) in [5, 5.41) is 6.83. The molecule has 1 aromatic carbocycles. The predicted molar refractivity (Wildman–Crippen MR) is 79.7 cm³/mol. The second kappa shape index (κ2) is 6.46. The third kappa shape index (κ3) is 3.55. The van der Waals surface area contributed by atoms with Gasteiger partial charge < -0.3 is 14.8 Å². The highest BCUT2D eigenvalue weighted by Crippen LogP contribution is 2.13. The average molecular weight is 303 g/mol. The molecule has 2 aliphatic rings. The fourth-order valence-electron chi connectivity index (χ4n) is 2.36. The quantitative estimate of drug-likeness (QED) is 0.649. The molecule has 116 valence electrons. The zero-order chi connectivity index (χ0) is 15.4. The van der Waals surface area contributed by atoms with Gasteiger partial charge in [-0.3, -0.25) is 5.43 Å². The number of nitrogens with zero attached hydrogens (tertiary/aromatic N) is 1. The van der Waals surface area contributed by atoms with Crippen molar-refractivity contribution < 1.29 is 19.1 Å². The number of ether oxygens (including phenoxy) is 2. The first-order valence-electron chi connectivity index (χ1n) is 7.22. The summed E-state index contributed by atoms with van der Waals surface area (Å²) >= 11 is 0. The molecule has 0 bridgehead atoms. The SMILES string of the molecule is O=C1N[C@@H](Cc2ccc(NN=C3CCCOC3=O)cc2)CO1. The Morgan fingerprint density at radius 1 is 1.23 bits per heavy atom. The van der Waals surface area contributed by atoms with Gasteiger partial charge in [-0.1, -0.05) is 12.1 Å². The van der Waals surface area contributed by atoms with Gasteiger partial charge in [0.15, 0.2) is 0 Å². The van der Waals surface area contributed by atoms with E-state index in [1.807, 2.05) is 24.3 Å². The lowest BCUT2D eigenvalue weighted by molar-refractivity contribution is -0.137. The highest BCUT2D eigenvalue weighted by atomic mass is 16.6. The minimum atomic E-state index is -0.363. The van der Waals surface area contributed by atoms with Crippen LogP contribution in [-0.2, 0) is 20.7 Å². The number of rotatable bonds is 4. The molecule has 0 spiro atoms. The molecule has 0 aliphatic carbocycles. The number of benzene rings is 1. The van der Waals surface area contributed by atoms with Gasteiger partial charge in [0.25, 0.3) is 0 Å². The third-order valence-corrected chi connectivity index (χ3v) is 3.52. The topological polar surface area (TPSA) is 89.0 Å². The van der Waals surface area contributed by atoms with Crippen molar-refractivity contribution in [2.45, 2.75) is 25.3 Å². The second-order valence-electron chi connectivity index (χ2n) is 5.25. The van der Waals surface area contributed by atoms with Crippen molar-refractivity contribution in [1.82, 2.24) is 5.32 Å². The summed E-state index contributed by atoms with van der Waals surface area (Å²) in [5.74, 6) is -0.354. The number of nitrogens with one attached hydrogen (secondary N) is 2. The molecule has 3 rings (SSSR count). The molecular weight excluding hydrogens is 286 g/mol. The van der Waals surface area contributed by atoms with Gasteiger partial charge in [0.05, 0.1) is 18.3 Å². The van der Waals surface area contributed by atoms with E-state index < -0.39 is 0 Å². The highest BCUT2D eigenvalue weighted by Gasteiger charge is 2.22. The monoisotopic (exact) mass is 303 g/mol. The Hall–Kier alpha value is -2.57. The maximum Gasteiger partial charge on any atom is 0.407 e. The van der Waals surface area contributed by atoms with Crippen molar-refractivity contribution >= 4 is 23.5 Å². The number of anilines is 1. The number of carbonyl (C=O) groups excluding carboxylic acids is 2. The van der Waals surface area contributed by atoms with E-state index in [1.54, 1.807) is 0 Å². The lowest BCUT2D eigenvalue weighted by atomic mass is 10.1. The summed E-state index contributed by atoms with van der Waals surface area (Å²) in [6.07, 6.45) is 1.79. The number of hydrogen-bond acceptors (Lipinski definition) is 6. The van der Waals surface area contributed by atoms with Crippen LogP contribution in [-0.4, -0.2) is 37.0 Å². The molecular formula is C15H17N3O4. The smallest absolute Gasteiger partial charge is 0.407 e. The lowest BCUT2D eigenvalue weighted by Gasteiger charge is -2.13. The van der Waals surface area contributed by atoms with Crippen LogP contribution in [0.5, 0.6) is 0 Å². The van der Waals surface area contributed by atoms with Crippen LogP contribution in [0.4, 0.5) is 10.5 Å². The molecule has 2 saturated heterocycles. The minimum absolute atomic E-state index is 0.0172. The number of alkyl carbamates (subject to hydrolysis) is 1. The molecule has 7 nitrogen and oxygen atoms in total. The van der Waals surface area contributed by atoms with Crippen LogP contribution in [0.2, 0.25) is 0 Å². The Kier molecular flexibility index (Phi) is 4.22. The van der Waals surface area contributed by atoms with E-state index in [4.69, 9.17) is 9.47 Å². The van der Waals surface area contributed by atoms with Crippen LogP contribution in [0.25, 0.3) is 0 Å². The number of hydrogen-bond donors (Lipinski definition) is 2. The van der Waals surface area contributed by atoms with Crippen LogP contribution in [0.15, 0.2) is 29.4 Å². The second-order valence-corrected chi connectivity index (χ2v) is 5.25. The Morgan fingerprint density at radius 2 is 2.05 bits per heavy atom. The normalized spacial score (nSPS) is 22.9. The summed E-state index contributed by atoms with van der Waals surface area (Å²) in [7, 11) is 0. The van der Waals surface area contributed by atoms with Gasteiger partial charge in [-0.2, -0.15) is 5.10 Å². The van der Waals surface area contributed by atoms with Gasteiger partial charge in [0, 0.05) is 6.42 Å². The number of esters is 1. The first kappa shape index (κ1) is 14.4. The predicted octanol–water partition coefficient (Wildman–Crippen LogP) is 1.44. The molecule has 1 atom stereocenters. The maximum absolute atomic E-state index is 11.5. The number of cyclic esters (lactones) is 2. The zero-order valence-electron chi connectivity index (χ0n) is 12.0. The van der Waals surface area contributed by atoms with E-state index in [-0.39, 0.29) is 18.1 Å². The summed E-state index contributed by atoms with van der Waals surface area (Å²) in [6.45, 7) is 0.864. The van der Waals surface area contributed by atoms with Gasteiger partial charge in [-0.25, -0.2) is 9.59 Å². The molecule has 1 aromatic rings. The summed E-state index contributed by atoms with van der Waals surface area (Å²) in [6, 6.07) is 7.68. The van der Waals surface area contributed by atoms with E-state index in [1.165, 1.54) is 0 Å². The Morgan fingerprint density at radius 3 is 2.73 bits per heavy atom. The molecule has 22 heavy (non-hydrogen) atoms. The molecule has 2 heterocycles. The minimum Gasteiger partial charge on any atom is -0.461 e. The number of hydrazone groups is 1. The maximum atomic E-state index is 11.5. The molecule has 0 radical (unpaired) electrons. The van der Waals surface area contributed by atoms with E-state index >= 15 is 0 Å². The molecule has 0 aromatic heterocycles. The van der Waals surface area contributed by atoms with Crippen molar-refractivity contribution in [3.8, 4) is 0 Å². The number of amides is 1. The summed E-state index contributed by atoms with van der Waals surface area (Å²) < 4.78 is 9.78. The molecule has 0 saturated carbocycles. The van der Waals surface area contributed by atoms with E-state index in [0.29, 0.717) is 31.8 Å².